The van der Waals surface area contributed by atoms with Gasteiger partial charge in [-0.05, 0) is 38.3 Å². The molecule has 1 N–H and O–H groups in total. The first-order chi connectivity index (χ1) is 8.40. The summed E-state index contributed by atoms with van der Waals surface area (Å²) >= 11 is 0. The van der Waals surface area contributed by atoms with Gasteiger partial charge in [-0.3, -0.25) is 0 Å². The average Bonchev–Trinajstić information content (AvgIpc) is 2.20. The van der Waals surface area contributed by atoms with Gasteiger partial charge in [-0.25, -0.2) is 9.97 Å². The standard InChI is InChI=1S/C15H27N3/c1-10(2)9-15-17-12(5)14(13(6)18-15)7-8-16-11(3)4/h10-11,16H,7-9H2,1-6H3. The molecule has 0 unspecified atom stereocenters. The first-order valence-electron chi connectivity index (χ1n) is 6.96. The van der Waals surface area contributed by atoms with Crippen LogP contribution >= 0.6 is 0 Å². The molecule has 3 heteroatoms. The Morgan fingerprint density at radius 1 is 1.00 bits per heavy atom. The average molecular weight is 249 g/mol. The molecule has 0 fully saturated rings. The number of hydrogen-bond acceptors (Lipinski definition) is 3. The summed E-state index contributed by atoms with van der Waals surface area (Å²) in [6.07, 6.45) is 1.98. The zero-order valence-electron chi connectivity index (χ0n) is 12.7. The van der Waals surface area contributed by atoms with E-state index in [-0.39, 0.29) is 0 Å². The Bertz CT molecular complexity index is 360. The van der Waals surface area contributed by atoms with Gasteiger partial charge < -0.3 is 5.32 Å². The minimum atomic E-state index is 0.534. The van der Waals surface area contributed by atoms with Crippen molar-refractivity contribution in [2.75, 3.05) is 6.54 Å². The predicted octanol–water partition coefficient (Wildman–Crippen LogP) is 2.83. The lowest BCUT2D eigenvalue weighted by molar-refractivity contribution is 0.584. The molecule has 0 radical (unpaired) electrons. The highest BCUT2D eigenvalue weighted by Gasteiger charge is 2.09. The van der Waals surface area contributed by atoms with Gasteiger partial charge in [0.05, 0.1) is 0 Å². The minimum absolute atomic E-state index is 0.534. The molecule has 0 atom stereocenters. The van der Waals surface area contributed by atoms with Crippen molar-refractivity contribution in [1.29, 1.82) is 0 Å². The van der Waals surface area contributed by atoms with Crippen molar-refractivity contribution in [1.82, 2.24) is 15.3 Å². The van der Waals surface area contributed by atoms with E-state index >= 15 is 0 Å². The summed E-state index contributed by atoms with van der Waals surface area (Å²) in [4.78, 5) is 9.27. The topological polar surface area (TPSA) is 37.8 Å². The number of aryl methyl sites for hydroxylation is 2. The fraction of sp³-hybridized carbons (Fsp3) is 0.733. The van der Waals surface area contributed by atoms with Gasteiger partial charge in [-0.15, -0.1) is 0 Å². The van der Waals surface area contributed by atoms with Crippen molar-refractivity contribution in [3.8, 4) is 0 Å². The summed E-state index contributed by atoms with van der Waals surface area (Å²) in [5, 5.41) is 3.44. The Morgan fingerprint density at radius 3 is 2.00 bits per heavy atom. The Hall–Kier alpha value is -0.960. The van der Waals surface area contributed by atoms with Gasteiger partial charge in [-0.2, -0.15) is 0 Å². The van der Waals surface area contributed by atoms with Crippen molar-refractivity contribution in [3.63, 3.8) is 0 Å². The highest BCUT2D eigenvalue weighted by Crippen LogP contribution is 2.13. The molecule has 0 bridgehead atoms. The maximum absolute atomic E-state index is 4.63. The van der Waals surface area contributed by atoms with Crippen molar-refractivity contribution in [2.24, 2.45) is 5.92 Å². The third-order valence-electron chi connectivity index (χ3n) is 2.99. The van der Waals surface area contributed by atoms with Crippen LogP contribution in [0.4, 0.5) is 0 Å². The van der Waals surface area contributed by atoms with Gasteiger partial charge in [0, 0.05) is 23.9 Å². The molecule has 1 aromatic heterocycles. The number of nitrogens with one attached hydrogen (secondary N) is 1. The second-order valence-corrected chi connectivity index (χ2v) is 5.75. The van der Waals surface area contributed by atoms with E-state index in [0.717, 1.165) is 36.6 Å². The first-order valence-corrected chi connectivity index (χ1v) is 6.96. The van der Waals surface area contributed by atoms with E-state index in [4.69, 9.17) is 0 Å². The molecular formula is C15H27N3. The molecule has 0 saturated carbocycles. The Labute approximate surface area is 111 Å². The number of aromatic nitrogens is 2. The molecule has 3 nitrogen and oxygen atoms in total. The van der Waals surface area contributed by atoms with E-state index in [2.05, 4.69) is 56.8 Å². The number of hydrogen-bond donors (Lipinski definition) is 1. The van der Waals surface area contributed by atoms with E-state index in [1.165, 1.54) is 5.56 Å². The summed E-state index contributed by atoms with van der Waals surface area (Å²) in [6, 6.07) is 0.534. The second kappa shape index (κ2) is 6.83. The highest BCUT2D eigenvalue weighted by molar-refractivity contribution is 5.24. The summed E-state index contributed by atoms with van der Waals surface area (Å²) < 4.78 is 0. The molecule has 0 amide bonds. The molecule has 18 heavy (non-hydrogen) atoms. The number of nitrogens with zero attached hydrogens (tertiary/aromatic N) is 2. The van der Waals surface area contributed by atoms with Gasteiger partial charge >= 0.3 is 0 Å². The highest BCUT2D eigenvalue weighted by atomic mass is 14.9. The van der Waals surface area contributed by atoms with Crippen LogP contribution in [-0.4, -0.2) is 22.6 Å². The van der Waals surface area contributed by atoms with E-state index in [9.17, 15) is 0 Å². The third kappa shape index (κ3) is 4.73. The largest absolute Gasteiger partial charge is 0.314 e. The quantitative estimate of drug-likeness (QED) is 0.842. The van der Waals surface area contributed by atoms with E-state index < -0.39 is 0 Å². The lowest BCUT2D eigenvalue weighted by Gasteiger charge is -2.13. The molecule has 0 saturated heterocycles. The van der Waals surface area contributed by atoms with Crippen LogP contribution in [0.3, 0.4) is 0 Å². The first kappa shape index (κ1) is 15.1. The molecule has 1 rings (SSSR count). The van der Waals surface area contributed by atoms with Crippen molar-refractivity contribution >= 4 is 0 Å². The zero-order chi connectivity index (χ0) is 13.7. The molecule has 0 aromatic carbocycles. The fourth-order valence-corrected chi connectivity index (χ4v) is 2.11. The molecule has 102 valence electrons. The summed E-state index contributed by atoms with van der Waals surface area (Å²) in [5.41, 5.74) is 3.59. The van der Waals surface area contributed by atoms with Crippen LogP contribution in [0.1, 0.15) is 50.5 Å². The fourth-order valence-electron chi connectivity index (χ4n) is 2.11. The van der Waals surface area contributed by atoms with E-state index in [0.29, 0.717) is 12.0 Å². The smallest absolute Gasteiger partial charge is 0.129 e. The molecule has 0 aliphatic carbocycles. The van der Waals surface area contributed by atoms with Crippen molar-refractivity contribution in [2.45, 2.75) is 60.4 Å². The SMILES string of the molecule is Cc1nc(CC(C)C)nc(C)c1CCNC(C)C. The molecular weight excluding hydrogens is 222 g/mol. The maximum Gasteiger partial charge on any atom is 0.129 e. The van der Waals surface area contributed by atoms with Crippen LogP contribution in [0.25, 0.3) is 0 Å². The molecule has 1 heterocycles. The van der Waals surface area contributed by atoms with Crippen LogP contribution in [0.2, 0.25) is 0 Å². The van der Waals surface area contributed by atoms with Gasteiger partial charge in [0.2, 0.25) is 0 Å². The Balaban J connectivity index is 2.74. The van der Waals surface area contributed by atoms with Crippen LogP contribution in [0.15, 0.2) is 0 Å². The normalized spacial score (nSPS) is 11.6. The predicted molar refractivity (Wildman–Crippen MR) is 76.9 cm³/mol. The zero-order valence-corrected chi connectivity index (χ0v) is 12.7. The van der Waals surface area contributed by atoms with Gasteiger partial charge in [0.15, 0.2) is 0 Å². The van der Waals surface area contributed by atoms with Crippen LogP contribution < -0.4 is 5.32 Å². The lowest BCUT2D eigenvalue weighted by Crippen LogP contribution is -2.25. The molecule has 0 aliphatic rings. The van der Waals surface area contributed by atoms with Crippen molar-refractivity contribution < 1.29 is 0 Å². The second-order valence-electron chi connectivity index (χ2n) is 5.75. The molecule has 1 aromatic rings. The summed E-state index contributed by atoms with van der Waals surface area (Å²) in [7, 11) is 0. The van der Waals surface area contributed by atoms with Gasteiger partial charge in [-0.1, -0.05) is 27.7 Å². The van der Waals surface area contributed by atoms with Crippen LogP contribution in [-0.2, 0) is 12.8 Å². The summed E-state index contributed by atoms with van der Waals surface area (Å²) in [6.45, 7) is 13.9. The van der Waals surface area contributed by atoms with Gasteiger partial charge in [0.1, 0.15) is 5.82 Å². The van der Waals surface area contributed by atoms with Crippen molar-refractivity contribution in [3.05, 3.63) is 22.8 Å². The lowest BCUT2D eigenvalue weighted by atomic mass is 10.1. The van der Waals surface area contributed by atoms with Crippen LogP contribution in [0, 0.1) is 19.8 Å². The Kier molecular flexibility index (Phi) is 5.73. The molecule has 0 spiro atoms. The number of rotatable bonds is 6. The monoisotopic (exact) mass is 249 g/mol. The maximum atomic E-state index is 4.63. The van der Waals surface area contributed by atoms with Crippen LogP contribution in [0.5, 0.6) is 0 Å². The third-order valence-corrected chi connectivity index (χ3v) is 2.99. The van der Waals surface area contributed by atoms with Gasteiger partial charge in [0.25, 0.3) is 0 Å². The Morgan fingerprint density at radius 2 is 1.56 bits per heavy atom. The van der Waals surface area contributed by atoms with E-state index in [1.54, 1.807) is 0 Å². The van der Waals surface area contributed by atoms with E-state index in [1.807, 2.05) is 0 Å². The minimum Gasteiger partial charge on any atom is -0.314 e. The summed E-state index contributed by atoms with van der Waals surface area (Å²) in [5.74, 6) is 1.60. The molecule has 0 aliphatic heterocycles.